The zero-order chi connectivity index (χ0) is 12.3. The largest absolute Gasteiger partial charge is 0.305 e. The summed E-state index contributed by atoms with van der Waals surface area (Å²) in [4.78, 5) is 9.04. The van der Waals surface area contributed by atoms with Gasteiger partial charge in [0.15, 0.2) is 0 Å². The maximum absolute atomic E-state index is 4.83. The van der Waals surface area contributed by atoms with Crippen LogP contribution in [-0.2, 0) is 11.4 Å². The van der Waals surface area contributed by atoms with Crippen molar-refractivity contribution >= 4 is 15.9 Å². The van der Waals surface area contributed by atoms with Crippen molar-refractivity contribution in [2.24, 2.45) is 0 Å². The first-order valence-electron chi connectivity index (χ1n) is 5.27. The molecule has 4 nitrogen and oxygen atoms in total. The fourth-order valence-electron chi connectivity index (χ4n) is 1.64. The molecule has 0 fully saturated rings. The van der Waals surface area contributed by atoms with Crippen molar-refractivity contribution in [1.82, 2.24) is 15.0 Å². The number of aryl methyl sites for hydroxylation is 1. The molecule has 5 heteroatoms. The van der Waals surface area contributed by atoms with Crippen molar-refractivity contribution in [3.63, 3.8) is 0 Å². The fourth-order valence-corrected chi connectivity index (χ4v) is 2.26. The van der Waals surface area contributed by atoms with Gasteiger partial charge in [-0.15, -0.1) is 0 Å². The van der Waals surface area contributed by atoms with E-state index < -0.39 is 0 Å². The van der Waals surface area contributed by atoms with Crippen LogP contribution in [0.2, 0.25) is 0 Å². The van der Waals surface area contributed by atoms with Crippen molar-refractivity contribution in [1.29, 1.82) is 0 Å². The molecule has 2 rings (SSSR count). The molecule has 0 unspecified atom stereocenters. The molecule has 1 N–H and O–H groups in total. The van der Waals surface area contributed by atoms with Crippen LogP contribution in [0.1, 0.15) is 11.4 Å². The van der Waals surface area contributed by atoms with E-state index in [0.29, 0.717) is 6.54 Å². The van der Waals surface area contributed by atoms with Gasteiger partial charge in [0.2, 0.25) is 0 Å². The summed E-state index contributed by atoms with van der Waals surface area (Å²) in [6, 6.07) is 6.19. The van der Waals surface area contributed by atoms with E-state index in [9.17, 15) is 0 Å². The quantitative estimate of drug-likeness (QED) is 0.881. The summed E-state index contributed by atoms with van der Waals surface area (Å²) in [6.07, 6.45) is 3.74. The van der Waals surface area contributed by atoms with E-state index in [1.807, 2.05) is 17.7 Å². The Labute approximate surface area is 109 Å². The molecule has 0 bridgehead atoms. The van der Waals surface area contributed by atoms with Gasteiger partial charge in [0.1, 0.15) is 5.82 Å². The van der Waals surface area contributed by atoms with E-state index in [2.05, 4.69) is 44.6 Å². The van der Waals surface area contributed by atoms with E-state index in [4.69, 9.17) is 4.84 Å². The number of benzene rings is 1. The predicted octanol–water partition coefficient (Wildman–Crippen LogP) is 2.59. The minimum absolute atomic E-state index is 0.679. The van der Waals surface area contributed by atoms with Crippen LogP contribution in [0.25, 0.3) is 5.69 Å². The van der Waals surface area contributed by atoms with Crippen LogP contribution in [0.15, 0.2) is 35.1 Å². The normalized spacial score (nSPS) is 10.8. The molecule has 0 aliphatic rings. The lowest BCUT2D eigenvalue weighted by molar-refractivity contribution is 0.0867. The lowest BCUT2D eigenvalue weighted by atomic mass is 10.2. The minimum atomic E-state index is 0.679. The Balaban J connectivity index is 2.29. The molecule has 1 aromatic heterocycles. The van der Waals surface area contributed by atoms with E-state index in [0.717, 1.165) is 21.5 Å². The van der Waals surface area contributed by atoms with Gasteiger partial charge in [0.05, 0.1) is 12.8 Å². The van der Waals surface area contributed by atoms with Crippen LogP contribution in [0.3, 0.4) is 0 Å². The smallest absolute Gasteiger partial charge is 0.110 e. The van der Waals surface area contributed by atoms with Gasteiger partial charge in [-0.25, -0.2) is 4.98 Å². The molecule has 0 aliphatic carbocycles. The number of aromatic nitrogens is 2. The molecule has 90 valence electrons. The van der Waals surface area contributed by atoms with Gasteiger partial charge in [-0.3, -0.25) is 0 Å². The maximum Gasteiger partial charge on any atom is 0.110 e. The molecule has 0 amide bonds. The average molecular weight is 296 g/mol. The summed E-state index contributed by atoms with van der Waals surface area (Å²) in [6.45, 7) is 2.66. The molecule has 0 saturated carbocycles. The van der Waals surface area contributed by atoms with Gasteiger partial charge in [-0.2, -0.15) is 5.48 Å². The summed E-state index contributed by atoms with van der Waals surface area (Å²) in [5.74, 6) is 0.966. The van der Waals surface area contributed by atoms with Crippen molar-refractivity contribution in [2.45, 2.75) is 13.5 Å². The molecule has 0 radical (unpaired) electrons. The summed E-state index contributed by atoms with van der Waals surface area (Å²) in [5, 5.41) is 0. The number of nitrogens with one attached hydrogen (secondary N) is 1. The summed E-state index contributed by atoms with van der Waals surface area (Å²) >= 11 is 3.58. The van der Waals surface area contributed by atoms with E-state index in [1.54, 1.807) is 13.3 Å². The lowest BCUT2D eigenvalue weighted by Gasteiger charge is -2.10. The first kappa shape index (κ1) is 12.3. The third-order valence-corrected chi connectivity index (χ3v) is 3.15. The molecule has 0 saturated heterocycles. The third kappa shape index (κ3) is 2.74. The molecule has 1 aromatic carbocycles. The first-order chi connectivity index (χ1) is 8.22. The zero-order valence-corrected chi connectivity index (χ0v) is 11.4. The molecule has 17 heavy (non-hydrogen) atoms. The van der Waals surface area contributed by atoms with Gasteiger partial charge in [0, 0.05) is 23.4 Å². The second kappa shape index (κ2) is 5.44. The van der Waals surface area contributed by atoms with Crippen LogP contribution >= 0.6 is 15.9 Å². The second-order valence-corrected chi connectivity index (χ2v) is 4.51. The van der Waals surface area contributed by atoms with E-state index >= 15 is 0 Å². The number of hydrogen-bond donors (Lipinski definition) is 1. The minimum Gasteiger partial charge on any atom is -0.305 e. The Morgan fingerprint density at radius 2 is 2.29 bits per heavy atom. The number of imidazole rings is 1. The Morgan fingerprint density at radius 3 is 2.88 bits per heavy atom. The van der Waals surface area contributed by atoms with Crippen molar-refractivity contribution in [3.05, 3.63) is 46.5 Å². The molecule has 0 spiro atoms. The van der Waals surface area contributed by atoms with Crippen LogP contribution in [0.4, 0.5) is 0 Å². The Hall–Kier alpha value is -1.17. The SMILES string of the molecule is CONCc1ccc(-n2ccnc2C)c(Br)c1. The highest BCUT2D eigenvalue weighted by Crippen LogP contribution is 2.23. The molecule has 0 aliphatic heterocycles. The molecular weight excluding hydrogens is 282 g/mol. The van der Waals surface area contributed by atoms with Crippen LogP contribution < -0.4 is 5.48 Å². The van der Waals surface area contributed by atoms with Gasteiger partial charge < -0.3 is 9.40 Å². The van der Waals surface area contributed by atoms with Gasteiger partial charge in [-0.1, -0.05) is 6.07 Å². The van der Waals surface area contributed by atoms with Gasteiger partial charge in [0.25, 0.3) is 0 Å². The number of hydroxylamine groups is 1. The van der Waals surface area contributed by atoms with Crippen LogP contribution in [-0.4, -0.2) is 16.7 Å². The number of nitrogens with zero attached hydrogens (tertiary/aromatic N) is 2. The van der Waals surface area contributed by atoms with Crippen molar-refractivity contribution < 1.29 is 4.84 Å². The predicted molar refractivity (Wildman–Crippen MR) is 69.8 cm³/mol. The van der Waals surface area contributed by atoms with Gasteiger partial charge in [-0.05, 0) is 40.5 Å². The fraction of sp³-hybridized carbons (Fsp3) is 0.250. The monoisotopic (exact) mass is 295 g/mol. The molecule has 0 atom stereocenters. The average Bonchev–Trinajstić information content (AvgIpc) is 2.73. The van der Waals surface area contributed by atoms with Crippen LogP contribution in [0.5, 0.6) is 0 Å². The third-order valence-electron chi connectivity index (χ3n) is 2.52. The first-order valence-corrected chi connectivity index (χ1v) is 6.06. The highest BCUT2D eigenvalue weighted by molar-refractivity contribution is 9.10. The van der Waals surface area contributed by atoms with Gasteiger partial charge >= 0.3 is 0 Å². The summed E-state index contributed by atoms with van der Waals surface area (Å²) in [7, 11) is 1.61. The summed E-state index contributed by atoms with van der Waals surface area (Å²) < 4.78 is 3.08. The number of hydrogen-bond acceptors (Lipinski definition) is 3. The van der Waals surface area contributed by atoms with E-state index in [-0.39, 0.29) is 0 Å². The number of rotatable bonds is 4. The standard InChI is InChI=1S/C12H14BrN3O/c1-9-14-5-6-16(9)12-4-3-10(7-11(12)13)8-15-17-2/h3-7,15H,8H2,1-2H3. The van der Waals surface area contributed by atoms with E-state index in [1.165, 1.54) is 0 Å². The van der Waals surface area contributed by atoms with Crippen LogP contribution in [0, 0.1) is 6.92 Å². The zero-order valence-electron chi connectivity index (χ0n) is 9.77. The highest BCUT2D eigenvalue weighted by atomic mass is 79.9. The highest BCUT2D eigenvalue weighted by Gasteiger charge is 2.05. The van der Waals surface area contributed by atoms with Crippen molar-refractivity contribution in [2.75, 3.05) is 7.11 Å². The Kier molecular flexibility index (Phi) is 3.93. The van der Waals surface area contributed by atoms with Crippen molar-refractivity contribution in [3.8, 4) is 5.69 Å². The second-order valence-electron chi connectivity index (χ2n) is 3.66. The Bertz CT molecular complexity index is 510. The number of halogens is 1. The molecule has 1 heterocycles. The molecular formula is C12H14BrN3O. The Morgan fingerprint density at radius 1 is 1.47 bits per heavy atom. The topological polar surface area (TPSA) is 39.1 Å². The molecule has 2 aromatic rings. The lowest BCUT2D eigenvalue weighted by Crippen LogP contribution is -2.10. The summed E-state index contributed by atoms with van der Waals surface area (Å²) in [5.41, 5.74) is 5.05. The maximum atomic E-state index is 4.83.